The number of halogens is 3. The van der Waals surface area contributed by atoms with Crippen LogP contribution in [0.4, 0.5) is 13.2 Å². The summed E-state index contributed by atoms with van der Waals surface area (Å²) < 4.78 is 36.4. The van der Waals surface area contributed by atoms with Gasteiger partial charge in [0, 0.05) is 0 Å². The Bertz CT molecular complexity index is 253. The van der Waals surface area contributed by atoms with Gasteiger partial charge in [0.2, 0.25) is 0 Å². The summed E-state index contributed by atoms with van der Waals surface area (Å²) in [5.74, 6) is 0. The summed E-state index contributed by atoms with van der Waals surface area (Å²) in [5.41, 5.74) is 0.154. The van der Waals surface area contributed by atoms with Gasteiger partial charge in [-0.25, -0.2) is 0 Å². The fraction of sp³-hybridized carbons (Fsp3) is 0.333. The first-order valence-corrected chi connectivity index (χ1v) is 3.61. The van der Waals surface area contributed by atoms with Crippen LogP contribution in [0.5, 0.6) is 0 Å². The average Bonchev–Trinajstić information content (AvgIpc) is 2.11. The van der Waals surface area contributed by atoms with Crippen LogP contribution in [-0.4, -0.2) is 6.18 Å². The molecule has 1 aliphatic rings. The average molecular weight is 174 g/mol. The first kappa shape index (κ1) is 9.10. The van der Waals surface area contributed by atoms with Crippen molar-refractivity contribution in [2.24, 2.45) is 0 Å². The first-order valence-electron chi connectivity index (χ1n) is 3.61. The zero-order valence-electron chi connectivity index (χ0n) is 6.65. The summed E-state index contributed by atoms with van der Waals surface area (Å²) in [6.45, 7) is 1.69. The van der Waals surface area contributed by atoms with Crippen molar-refractivity contribution in [2.45, 2.75) is 19.5 Å². The van der Waals surface area contributed by atoms with E-state index >= 15 is 0 Å². The molecule has 0 bridgehead atoms. The Balaban J connectivity index is 2.96. The van der Waals surface area contributed by atoms with Crippen LogP contribution in [0.3, 0.4) is 0 Å². The molecule has 0 saturated heterocycles. The predicted molar refractivity (Wildman–Crippen MR) is 41.7 cm³/mol. The summed E-state index contributed by atoms with van der Waals surface area (Å²) in [7, 11) is 0. The lowest BCUT2D eigenvalue weighted by Crippen LogP contribution is -2.09. The van der Waals surface area contributed by atoms with Crippen LogP contribution in [0, 0.1) is 0 Å². The fourth-order valence-electron chi connectivity index (χ4n) is 0.974. The summed E-state index contributed by atoms with van der Waals surface area (Å²) in [6, 6.07) is 0. The van der Waals surface area contributed by atoms with E-state index in [0.29, 0.717) is 6.42 Å². The number of hydrogen-bond donors (Lipinski definition) is 0. The molecule has 0 N–H and O–H groups in total. The standard InChI is InChI=1S/C9H9F3/c1-7-4-2-3-5-8(6-7)9(10,11)12/h2-3,5-6H,4H2,1H3. The molecule has 1 aliphatic carbocycles. The van der Waals surface area contributed by atoms with Gasteiger partial charge in [-0.15, -0.1) is 0 Å². The summed E-state index contributed by atoms with van der Waals surface area (Å²) in [6.07, 6.45) is 1.79. The van der Waals surface area contributed by atoms with Gasteiger partial charge in [0.15, 0.2) is 0 Å². The van der Waals surface area contributed by atoms with E-state index in [4.69, 9.17) is 0 Å². The summed E-state index contributed by atoms with van der Waals surface area (Å²) in [5, 5.41) is 0. The first-order chi connectivity index (χ1) is 5.50. The molecule has 0 saturated carbocycles. The van der Waals surface area contributed by atoms with Crippen LogP contribution in [0.15, 0.2) is 35.5 Å². The lowest BCUT2D eigenvalue weighted by molar-refractivity contribution is -0.0882. The van der Waals surface area contributed by atoms with E-state index in [9.17, 15) is 13.2 Å². The molecule has 0 atom stereocenters. The third-order valence-corrected chi connectivity index (χ3v) is 1.58. The molecule has 0 aromatic carbocycles. The Hall–Kier alpha value is -0.990. The lowest BCUT2D eigenvalue weighted by Gasteiger charge is -2.06. The summed E-state index contributed by atoms with van der Waals surface area (Å²) in [4.78, 5) is 0. The Morgan fingerprint density at radius 1 is 1.33 bits per heavy atom. The van der Waals surface area contributed by atoms with Crippen molar-refractivity contribution in [1.29, 1.82) is 0 Å². The zero-order valence-corrected chi connectivity index (χ0v) is 6.65. The molecule has 0 radical (unpaired) electrons. The van der Waals surface area contributed by atoms with Crippen molar-refractivity contribution in [3.05, 3.63) is 35.5 Å². The SMILES string of the molecule is CC1=CC(C(F)(F)F)=CC=CC1. The monoisotopic (exact) mass is 174 g/mol. The second kappa shape index (κ2) is 3.17. The van der Waals surface area contributed by atoms with Crippen LogP contribution in [0.2, 0.25) is 0 Å². The molecule has 1 rings (SSSR count). The molecular weight excluding hydrogens is 165 g/mol. The highest BCUT2D eigenvalue weighted by molar-refractivity contribution is 5.34. The van der Waals surface area contributed by atoms with Crippen molar-refractivity contribution in [1.82, 2.24) is 0 Å². The van der Waals surface area contributed by atoms with E-state index in [1.54, 1.807) is 13.0 Å². The van der Waals surface area contributed by atoms with Gasteiger partial charge in [0.05, 0.1) is 5.57 Å². The van der Waals surface area contributed by atoms with Crippen molar-refractivity contribution in [2.75, 3.05) is 0 Å². The van der Waals surface area contributed by atoms with Crippen molar-refractivity contribution in [3.63, 3.8) is 0 Å². The highest BCUT2D eigenvalue weighted by atomic mass is 19.4. The van der Waals surface area contributed by atoms with Crippen LogP contribution < -0.4 is 0 Å². The maximum absolute atomic E-state index is 12.1. The van der Waals surface area contributed by atoms with Gasteiger partial charge in [-0.3, -0.25) is 0 Å². The number of hydrogen-bond acceptors (Lipinski definition) is 0. The van der Waals surface area contributed by atoms with Gasteiger partial charge in [0.25, 0.3) is 0 Å². The third kappa shape index (κ3) is 2.26. The van der Waals surface area contributed by atoms with E-state index in [0.717, 1.165) is 11.6 Å². The van der Waals surface area contributed by atoms with E-state index in [-0.39, 0.29) is 0 Å². The Morgan fingerprint density at radius 2 is 2.00 bits per heavy atom. The highest BCUT2D eigenvalue weighted by Crippen LogP contribution is 2.29. The van der Waals surface area contributed by atoms with Crippen LogP contribution >= 0.6 is 0 Å². The maximum atomic E-state index is 12.1. The molecule has 3 heteroatoms. The van der Waals surface area contributed by atoms with Crippen molar-refractivity contribution >= 4 is 0 Å². The van der Waals surface area contributed by atoms with E-state index in [1.807, 2.05) is 0 Å². The molecule has 0 nitrogen and oxygen atoms in total. The van der Waals surface area contributed by atoms with Gasteiger partial charge in [-0.1, -0.05) is 29.9 Å². The van der Waals surface area contributed by atoms with Crippen molar-refractivity contribution < 1.29 is 13.2 Å². The second-order valence-electron chi connectivity index (χ2n) is 2.74. The quantitative estimate of drug-likeness (QED) is 0.528. The molecule has 0 spiro atoms. The number of allylic oxidation sites excluding steroid dienone is 6. The van der Waals surface area contributed by atoms with Crippen molar-refractivity contribution in [3.8, 4) is 0 Å². The van der Waals surface area contributed by atoms with Gasteiger partial charge >= 0.3 is 6.18 Å². The topological polar surface area (TPSA) is 0 Å². The predicted octanol–water partition coefficient (Wildman–Crippen LogP) is 3.38. The molecule has 0 amide bonds. The molecule has 0 aromatic heterocycles. The molecule has 0 heterocycles. The van der Waals surface area contributed by atoms with E-state index in [1.165, 1.54) is 12.2 Å². The lowest BCUT2D eigenvalue weighted by atomic mass is 10.1. The van der Waals surface area contributed by atoms with Gasteiger partial charge in [-0.2, -0.15) is 13.2 Å². The van der Waals surface area contributed by atoms with Gasteiger partial charge < -0.3 is 0 Å². The van der Waals surface area contributed by atoms with Crippen LogP contribution in [-0.2, 0) is 0 Å². The molecule has 12 heavy (non-hydrogen) atoms. The van der Waals surface area contributed by atoms with Gasteiger partial charge in [0.1, 0.15) is 0 Å². The third-order valence-electron chi connectivity index (χ3n) is 1.58. The minimum Gasteiger partial charge on any atom is -0.166 e. The minimum atomic E-state index is -4.23. The zero-order chi connectivity index (χ0) is 9.19. The molecule has 0 aromatic rings. The number of alkyl halides is 3. The Labute approximate surface area is 69.1 Å². The Kier molecular flexibility index (Phi) is 2.40. The van der Waals surface area contributed by atoms with E-state index in [2.05, 4.69) is 0 Å². The Morgan fingerprint density at radius 3 is 2.58 bits per heavy atom. The number of rotatable bonds is 0. The highest BCUT2D eigenvalue weighted by Gasteiger charge is 2.31. The minimum absolute atomic E-state index is 0.575. The molecular formula is C9H9F3. The van der Waals surface area contributed by atoms with Crippen LogP contribution in [0.25, 0.3) is 0 Å². The molecule has 0 fully saturated rings. The molecule has 66 valence electrons. The normalized spacial score (nSPS) is 18.3. The second-order valence-corrected chi connectivity index (χ2v) is 2.74. The fourth-order valence-corrected chi connectivity index (χ4v) is 0.974. The van der Waals surface area contributed by atoms with Gasteiger partial charge in [-0.05, 0) is 13.3 Å². The maximum Gasteiger partial charge on any atom is 0.416 e. The van der Waals surface area contributed by atoms with E-state index < -0.39 is 11.7 Å². The molecule has 0 unspecified atom stereocenters. The largest absolute Gasteiger partial charge is 0.416 e. The van der Waals surface area contributed by atoms with Crippen LogP contribution in [0.1, 0.15) is 13.3 Å². The molecule has 0 aliphatic heterocycles. The summed E-state index contributed by atoms with van der Waals surface area (Å²) >= 11 is 0. The smallest absolute Gasteiger partial charge is 0.166 e.